The van der Waals surface area contributed by atoms with Crippen molar-refractivity contribution in [2.75, 3.05) is 25.0 Å². The van der Waals surface area contributed by atoms with Crippen LogP contribution in [0.15, 0.2) is 24.3 Å². The van der Waals surface area contributed by atoms with Crippen molar-refractivity contribution in [3.63, 3.8) is 0 Å². The molecule has 110 valence electrons. The summed E-state index contributed by atoms with van der Waals surface area (Å²) in [6, 6.07) is 5.70. The third-order valence-electron chi connectivity index (χ3n) is 2.91. The predicted molar refractivity (Wildman–Crippen MR) is 68.9 cm³/mol. The fourth-order valence-corrected chi connectivity index (χ4v) is 1.74. The highest BCUT2D eigenvalue weighted by molar-refractivity contribution is 5.91. The molecule has 1 aromatic rings. The van der Waals surface area contributed by atoms with Crippen LogP contribution in [-0.2, 0) is 9.53 Å². The second-order valence-electron chi connectivity index (χ2n) is 4.79. The minimum absolute atomic E-state index is 0.0438. The highest BCUT2D eigenvalue weighted by Crippen LogP contribution is 2.18. The fraction of sp³-hybridized carbons (Fsp3) is 0.462. The predicted octanol–water partition coefficient (Wildman–Crippen LogP) is 1.60. The van der Waals surface area contributed by atoms with E-state index >= 15 is 0 Å². The van der Waals surface area contributed by atoms with E-state index in [2.05, 4.69) is 15.4 Å². The number of carbonyl (C=O) groups excluding carboxylic acids is 1. The summed E-state index contributed by atoms with van der Waals surface area (Å²) in [5.74, 6) is -0.247. The molecule has 1 aliphatic rings. The number of hydrogen-bond donors (Lipinski definition) is 2. The van der Waals surface area contributed by atoms with E-state index in [1.165, 1.54) is 24.3 Å². The van der Waals surface area contributed by atoms with Crippen molar-refractivity contribution in [3.05, 3.63) is 24.3 Å². The van der Waals surface area contributed by atoms with Gasteiger partial charge in [0.2, 0.25) is 5.91 Å². The smallest absolute Gasteiger partial charge is 0.387 e. The summed E-state index contributed by atoms with van der Waals surface area (Å²) < 4.78 is 33.6. The molecule has 20 heavy (non-hydrogen) atoms. The van der Waals surface area contributed by atoms with Gasteiger partial charge >= 0.3 is 6.61 Å². The van der Waals surface area contributed by atoms with Gasteiger partial charge in [-0.05, 0) is 31.2 Å². The molecule has 0 aromatic heterocycles. The van der Waals surface area contributed by atoms with Crippen LogP contribution >= 0.6 is 0 Å². The number of nitrogens with one attached hydrogen (secondary N) is 2. The van der Waals surface area contributed by atoms with Crippen molar-refractivity contribution in [3.8, 4) is 5.75 Å². The largest absolute Gasteiger partial charge is 0.435 e. The van der Waals surface area contributed by atoms with Crippen LogP contribution < -0.4 is 15.4 Å². The molecular weight excluding hydrogens is 270 g/mol. The molecule has 1 saturated heterocycles. The van der Waals surface area contributed by atoms with Gasteiger partial charge in [-0.2, -0.15) is 8.78 Å². The molecule has 1 fully saturated rings. The second kappa shape index (κ2) is 6.15. The number of amides is 1. The molecule has 1 aromatic carbocycles. The van der Waals surface area contributed by atoms with Crippen LogP contribution in [0.2, 0.25) is 0 Å². The number of ether oxygens (including phenoxy) is 2. The Labute approximate surface area is 115 Å². The second-order valence-corrected chi connectivity index (χ2v) is 4.79. The molecule has 2 N–H and O–H groups in total. The van der Waals surface area contributed by atoms with Crippen LogP contribution in [0.3, 0.4) is 0 Å². The maximum absolute atomic E-state index is 12.0. The van der Waals surface area contributed by atoms with Crippen LogP contribution in [0.4, 0.5) is 14.5 Å². The molecule has 1 amide bonds. The topological polar surface area (TPSA) is 59.6 Å². The van der Waals surface area contributed by atoms with E-state index in [-0.39, 0.29) is 23.9 Å². The van der Waals surface area contributed by atoms with Crippen molar-refractivity contribution in [1.82, 2.24) is 5.32 Å². The molecule has 2 rings (SSSR count). The summed E-state index contributed by atoms with van der Waals surface area (Å²) in [4.78, 5) is 11.7. The molecule has 0 unspecified atom stereocenters. The van der Waals surface area contributed by atoms with Gasteiger partial charge in [0.1, 0.15) is 12.4 Å². The van der Waals surface area contributed by atoms with E-state index < -0.39 is 6.61 Å². The number of rotatable bonds is 6. The molecule has 0 saturated carbocycles. The van der Waals surface area contributed by atoms with Crippen molar-refractivity contribution in [2.45, 2.75) is 19.1 Å². The van der Waals surface area contributed by atoms with Crippen molar-refractivity contribution in [1.29, 1.82) is 0 Å². The van der Waals surface area contributed by atoms with Gasteiger partial charge in [-0.1, -0.05) is 0 Å². The molecule has 1 heterocycles. The number of anilines is 1. The quantitative estimate of drug-likeness (QED) is 0.834. The molecule has 0 spiro atoms. The average Bonchev–Trinajstić information content (AvgIpc) is 2.36. The standard InChI is InChI=1S/C13H16F2N2O3/c1-13(7-16-8-13)19-6-11(18)17-9-2-4-10(5-3-9)20-12(14)15/h2-5,12,16H,6-8H2,1H3,(H,17,18). The molecule has 5 nitrogen and oxygen atoms in total. The molecule has 1 aliphatic heterocycles. The van der Waals surface area contributed by atoms with E-state index in [0.29, 0.717) is 5.69 Å². The summed E-state index contributed by atoms with van der Waals surface area (Å²) in [6.07, 6.45) is 0. The lowest BCUT2D eigenvalue weighted by Gasteiger charge is -2.38. The zero-order valence-corrected chi connectivity index (χ0v) is 11.0. The van der Waals surface area contributed by atoms with E-state index in [4.69, 9.17) is 4.74 Å². The van der Waals surface area contributed by atoms with Crippen LogP contribution in [0.1, 0.15) is 6.92 Å². The van der Waals surface area contributed by atoms with E-state index in [1.54, 1.807) is 0 Å². The summed E-state index contributed by atoms with van der Waals surface area (Å²) in [6.45, 7) is 0.460. The summed E-state index contributed by atoms with van der Waals surface area (Å²) >= 11 is 0. The summed E-state index contributed by atoms with van der Waals surface area (Å²) in [5, 5.41) is 5.68. The highest BCUT2D eigenvalue weighted by atomic mass is 19.3. The Morgan fingerprint density at radius 3 is 2.55 bits per heavy atom. The third kappa shape index (κ3) is 4.14. The Bertz CT molecular complexity index is 461. The number of alkyl halides is 2. The first kappa shape index (κ1) is 14.7. The lowest BCUT2D eigenvalue weighted by atomic mass is 10.0. The van der Waals surface area contributed by atoms with Crippen LogP contribution in [-0.4, -0.2) is 37.8 Å². The normalized spacial score (nSPS) is 16.6. The number of halogens is 2. The van der Waals surface area contributed by atoms with Crippen molar-refractivity contribution >= 4 is 11.6 Å². The Balaban J connectivity index is 1.78. The van der Waals surface area contributed by atoms with Gasteiger partial charge in [-0.3, -0.25) is 4.79 Å². The Hall–Kier alpha value is -1.73. The van der Waals surface area contributed by atoms with Crippen LogP contribution in [0.25, 0.3) is 0 Å². The maximum atomic E-state index is 12.0. The fourth-order valence-electron chi connectivity index (χ4n) is 1.74. The Morgan fingerprint density at radius 2 is 2.05 bits per heavy atom. The monoisotopic (exact) mass is 286 g/mol. The number of carbonyl (C=O) groups is 1. The average molecular weight is 286 g/mol. The zero-order chi connectivity index (χ0) is 14.6. The van der Waals surface area contributed by atoms with E-state index in [1.807, 2.05) is 6.92 Å². The first-order valence-electron chi connectivity index (χ1n) is 6.16. The van der Waals surface area contributed by atoms with Gasteiger partial charge < -0.3 is 20.1 Å². The molecule has 0 aliphatic carbocycles. The zero-order valence-electron chi connectivity index (χ0n) is 11.0. The van der Waals surface area contributed by atoms with Crippen molar-refractivity contribution in [2.24, 2.45) is 0 Å². The summed E-state index contributed by atoms with van der Waals surface area (Å²) in [5.41, 5.74) is 0.212. The van der Waals surface area contributed by atoms with E-state index in [9.17, 15) is 13.6 Å². The summed E-state index contributed by atoms with van der Waals surface area (Å²) in [7, 11) is 0. The van der Waals surface area contributed by atoms with E-state index in [0.717, 1.165) is 13.1 Å². The van der Waals surface area contributed by atoms with Gasteiger partial charge in [0, 0.05) is 18.8 Å². The molecule has 7 heteroatoms. The van der Waals surface area contributed by atoms with Crippen LogP contribution in [0.5, 0.6) is 5.75 Å². The van der Waals surface area contributed by atoms with Crippen LogP contribution in [0, 0.1) is 0 Å². The van der Waals surface area contributed by atoms with Gasteiger partial charge in [0.25, 0.3) is 0 Å². The minimum atomic E-state index is -2.86. The first-order chi connectivity index (χ1) is 9.47. The lowest BCUT2D eigenvalue weighted by molar-refractivity contribution is -0.130. The first-order valence-corrected chi connectivity index (χ1v) is 6.16. The Morgan fingerprint density at radius 1 is 1.40 bits per heavy atom. The number of benzene rings is 1. The third-order valence-corrected chi connectivity index (χ3v) is 2.91. The molecule has 0 bridgehead atoms. The van der Waals surface area contributed by atoms with Gasteiger partial charge in [0.15, 0.2) is 0 Å². The van der Waals surface area contributed by atoms with Gasteiger partial charge in [0.05, 0.1) is 5.60 Å². The lowest BCUT2D eigenvalue weighted by Crippen LogP contribution is -2.59. The number of hydrogen-bond acceptors (Lipinski definition) is 4. The van der Waals surface area contributed by atoms with Gasteiger partial charge in [-0.15, -0.1) is 0 Å². The molecule has 0 atom stereocenters. The Kier molecular flexibility index (Phi) is 4.51. The SMILES string of the molecule is CC1(OCC(=O)Nc2ccc(OC(F)F)cc2)CNC1. The maximum Gasteiger partial charge on any atom is 0.387 e. The van der Waals surface area contributed by atoms with Gasteiger partial charge in [-0.25, -0.2) is 0 Å². The molecule has 0 radical (unpaired) electrons. The highest BCUT2D eigenvalue weighted by Gasteiger charge is 2.32. The molecular formula is C13H16F2N2O3. The van der Waals surface area contributed by atoms with Crippen molar-refractivity contribution < 1.29 is 23.0 Å². The minimum Gasteiger partial charge on any atom is -0.435 e.